The van der Waals surface area contributed by atoms with Gasteiger partial charge in [-0.05, 0) is 91.1 Å². The first-order valence-electron chi connectivity index (χ1n) is 12.6. The van der Waals surface area contributed by atoms with Gasteiger partial charge in [0, 0.05) is 16.5 Å². The van der Waals surface area contributed by atoms with Crippen LogP contribution < -0.4 is 0 Å². The zero-order chi connectivity index (χ0) is 23.0. The van der Waals surface area contributed by atoms with Gasteiger partial charge in [0.05, 0.1) is 0 Å². The molecule has 0 aromatic heterocycles. The van der Waals surface area contributed by atoms with Crippen molar-refractivity contribution in [3.8, 4) is 11.8 Å². The Morgan fingerprint density at radius 2 is 1.58 bits per heavy atom. The highest BCUT2D eigenvalue weighted by Gasteiger charge is 2.19. The molecule has 0 amide bonds. The number of halogens is 1. The molecule has 1 aliphatic carbocycles. The third-order valence-electron chi connectivity index (χ3n) is 7.17. The van der Waals surface area contributed by atoms with Gasteiger partial charge in [0.15, 0.2) is 0 Å². The maximum absolute atomic E-state index is 14.7. The van der Waals surface area contributed by atoms with E-state index in [9.17, 15) is 4.39 Å². The average molecular weight is 439 g/mol. The molecule has 0 aliphatic heterocycles. The monoisotopic (exact) mass is 438 g/mol. The van der Waals surface area contributed by atoms with Crippen LogP contribution in [0.5, 0.6) is 0 Å². The fraction of sp³-hybridized carbons (Fsp3) is 0.375. The van der Waals surface area contributed by atoms with Gasteiger partial charge >= 0.3 is 0 Å². The Bertz CT molecular complexity index is 1130. The van der Waals surface area contributed by atoms with E-state index in [-0.39, 0.29) is 5.82 Å². The van der Waals surface area contributed by atoms with Crippen LogP contribution in [0.4, 0.5) is 4.39 Å². The van der Waals surface area contributed by atoms with Crippen LogP contribution in [0.15, 0.2) is 67.3 Å². The standard InChI is InChI=1S/C32H35F/c1-3-5-24-7-9-25(10-8-24)11-12-26-13-15-27(16-14-26)17-18-28-19-22-31-30(23-28)21-20-29(6-4-2)32(31)33/h3,13-16,19-25H,1,4-12H2,2H3. The molecular formula is C32H35F. The summed E-state index contributed by atoms with van der Waals surface area (Å²) in [6, 6.07) is 18.4. The van der Waals surface area contributed by atoms with Crippen LogP contribution in [-0.4, -0.2) is 0 Å². The topological polar surface area (TPSA) is 0 Å². The summed E-state index contributed by atoms with van der Waals surface area (Å²) < 4.78 is 14.7. The summed E-state index contributed by atoms with van der Waals surface area (Å²) in [6.45, 7) is 5.96. The summed E-state index contributed by atoms with van der Waals surface area (Å²) in [5, 5.41) is 1.60. The fourth-order valence-electron chi connectivity index (χ4n) is 5.14. The van der Waals surface area contributed by atoms with Crippen molar-refractivity contribution in [3.63, 3.8) is 0 Å². The van der Waals surface area contributed by atoms with Gasteiger partial charge in [-0.15, -0.1) is 6.58 Å². The number of fused-ring (bicyclic) bond motifs is 1. The van der Waals surface area contributed by atoms with E-state index in [1.165, 1.54) is 44.1 Å². The summed E-state index contributed by atoms with van der Waals surface area (Å²) in [5.41, 5.74) is 4.14. The number of aryl methyl sites for hydroxylation is 2. The van der Waals surface area contributed by atoms with Gasteiger partial charge in [0.25, 0.3) is 0 Å². The maximum Gasteiger partial charge on any atom is 0.134 e. The molecule has 0 saturated heterocycles. The summed E-state index contributed by atoms with van der Waals surface area (Å²) in [6.07, 6.45) is 12.9. The molecule has 1 fully saturated rings. The van der Waals surface area contributed by atoms with Crippen molar-refractivity contribution < 1.29 is 4.39 Å². The van der Waals surface area contributed by atoms with E-state index in [1.54, 1.807) is 0 Å². The van der Waals surface area contributed by atoms with Gasteiger partial charge in [-0.3, -0.25) is 0 Å². The molecule has 3 aromatic rings. The van der Waals surface area contributed by atoms with Crippen molar-refractivity contribution in [2.45, 2.75) is 64.7 Å². The van der Waals surface area contributed by atoms with Crippen LogP contribution in [0, 0.1) is 29.5 Å². The Balaban J connectivity index is 1.35. The van der Waals surface area contributed by atoms with Gasteiger partial charge in [-0.25, -0.2) is 4.39 Å². The predicted molar refractivity (Wildman–Crippen MR) is 139 cm³/mol. The zero-order valence-corrected chi connectivity index (χ0v) is 19.9. The highest BCUT2D eigenvalue weighted by atomic mass is 19.1. The number of rotatable bonds is 7. The second-order valence-electron chi connectivity index (χ2n) is 9.62. The molecule has 0 N–H and O–H groups in total. The van der Waals surface area contributed by atoms with E-state index in [2.05, 4.69) is 55.7 Å². The predicted octanol–water partition coefficient (Wildman–Crippen LogP) is 8.65. The summed E-state index contributed by atoms with van der Waals surface area (Å²) in [5.74, 6) is 8.18. The Hall–Kier alpha value is -2.85. The lowest BCUT2D eigenvalue weighted by Gasteiger charge is -2.27. The molecule has 0 atom stereocenters. The zero-order valence-electron chi connectivity index (χ0n) is 19.9. The minimum atomic E-state index is -0.0887. The van der Waals surface area contributed by atoms with Crippen LogP contribution in [0.25, 0.3) is 10.8 Å². The molecule has 0 nitrogen and oxygen atoms in total. The van der Waals surface area contributed by atoms with E-state index in [1.807, 2.05) is 30.3 Å². The van der Waals surface area contributed by atoms with Crippen molar-refractivity contribution >= 4 is 10.8 Å². The first kappa shape index (κ1) is 23.3. The third kappa shape index (κ3) is 6.14. The van der Waals surface area contributed by atoms with Crippen molar-refractivity contribution in [1.82, 2.24) is 0 Å². The molecule has 170 valence electrons. The van der Waals surface area contributed by atoms with E-state index in [0.29, 0.717) is 5.39 Å². The molecule has 0 spiro atoms. The van der Waals surface area contributed by atoms with Gasteiger partial charge < -0.3 is 0 Å². The number of benzene rings is 3. The Labute approximate surface area is 198 Å². The lowest BCUT2D eigenvalue weighted by Crippen LogP contribution is -2.14. The van der Waals surface area contributed by atoms with Crippen molar-refractivity contribution in [2.24, 2.45) is 11.8 Å². The van der Waals surface area contributed by atoms with Crippen LogP contribution in [0.3, 0.4) is 0 Å². The summed E-state index contributed by atoms with van der Waals surface area (Å²) in [7, 11) is 0. The number of hydrogen-bond acceptors (Lipinski definition) is 0. The van der Waals surface area contributed by atoms with Gasteiger partial charge in [-0.1, -0.05) is 74.4 Å². The molecule has 0 bridgehead atoms. The molecule has 4 rings (SSSR count). The lowest BCUT2D eigenvalue weighted by atomic mass is 9.78. The molecule has 0 unspecified atom stereocenters. The molecule has 1 saturated carbocycles. The second kappa shape index (κ2) is 11.3. The lowest BCUT2D eigenvalue weighted by molar-refractivity contribution is 0.265. The minimum Gasteiger partial charge on any atom is -0.206 e. The highest BCUT2D eigenvalue weighted by Crippen LogP contribution is 2.33. The van der Waals surface area contributed by atoms with E-state index < -0.39 is 0 Å². The third-order valence-corrected chi connectivity index (χ3v) is 7.17. The number of hydrogen-bond donors (Lipinski definition) is 0. The van der Waals surface area contributed by atoms with Crippen LogP contribution >= 0.6 is 0 Å². The normalized spacial score (nSPS) is 18.0. The van der Waals surface area contributed by atoms with Crippen LogP contribution in [0.1, 0.15) is 74.1 Å². The van der Waals surface area contributed by atoms with E-state index in [4.69, 9.17) is 0 Å². The van der Waals surface area contributed by atoms with Crippen LogP contribution in [0.2, 0.25) is 0 Å². The molecule has 1 aliphatic rings. The summed E-state index contributed by atoms with van der Waals surface area (Å²) in [4.78, 5) is 0. The Morgan fingerprint density at radius 3 is 2.30 bits per heavy atom. The number of allylic oxidation sites excluding steroid dienone is 1. The first-order valence-corrected chi connectivity index (χ1v) is 12.6. The summed E-state index contributed by atoms with van der Waals surface area (Å²) >= 11 is 0. The van der Waals surface area contributed by atoms with Gasteiger partial charge in [-0.2, -0.15) is 0 Å². The van der Waals surface area contributed by atoms with Crippen LogP contribution in [-0.2, 0) is 12.8 Å². The molecule has 0 heterocycles. The molecule has 1 heteroatoms. The molecule has 33 heavy (non-hydrogen) atoms. The van der Waals surface area contributed by atoms with E-state index in [0.717, 1.165) is 53.2 Å². The SMILES string of the molecule is C=CCC1CCC(CCc2ccc(C#Cc3ccc4c(F)c(CCC)ccc4c3)cc2)CC1. The van der Waals surface area contributed by atoms with Gasteiger partial charge in [0.2, 0.25) is 0 Å². The van der Waals surface area contributed by atoms with Gasteiger partial charge in [0.1, 0.15) is 5.82 Å². The fourth-order valence-corrected chi connectivity index (χ4v) is 5.14. The Kier molecular flexibility index (Phi) is 8.01. The molecule has 0 radical (unpaired) electrons. The van der Waals surface area contributed by atoms with E-state index >= 15 is 0 Å². The van der Waals surface area contributed by atoms with Crippen molar-refractivity contribution in [2.75, 3.05) is 0 Å². The smallest absolute Gasteiger partial charge is 0.134 e. The van der Waals surface area contributed by atoms with Crippen molar-refractivity contribution in [3.05, 3.63) is 95.3 Å². The second-order valence-corrected chi connectivity index (χ2v) is 9.62. The molecule has 3 aromatic carbocycles. The quantitative estimate of drug-likeness (QED) is 0.256. The molecular weight excluding hydrogens is 403 g/mol. The maximum atomic E-state index is 14.7. The minimum absolute atomic E-state index is 0.0887. The highest BCUT2D eigenvalue weighted by molar-refractivity contribution is 5.85. The van der Waals surface area contributed by atoms with Crippen molar-refractivity contribution in [1.29, 1.82) is 0 Å². The average Bonchev–Trinajstić information content (AvgIpc) is 2.85. The Morgan fingerprint density at radius 1 is 0.879 bits per heavy atom. The largest absolute Gasteiger partial charge is 0.206 e. The first-order chi connectivity index (χ1) is 16.2.